The van der Waals surface area contributed by atoms with Gasteiger partial charge in [-0.2, -0.15) is 0 Å². The standard InChI is InChI=1S/C13H27NO/c1-3-4-5-6-7-8-9-15-13-10-12(11-13)14-2/h12-14H,3-11H2,1-2H3. The first-order valence-corrected chi connectivity index (χ1v) is 6.65. The zero-order valence-electron chi connectivity index (χ0n) is 10.4. The molecule has 90 valence electrons. The van der Waals surface area contributed by atoms with Gasteiger partial charge in [-0.3, -0.25) is 0 Å². The van der Waals surface area contributed by atoms with Gasteiger partial charge in [0.1, 0.15) is 0 Å². The predicted molar refractivity (Wildman–Crippen MR) is 65.2 cm³/mol. The van der Waals surface area contributed by atoms with E-state index in [-0.39, 0.29) is 0 Å². The zero-order chi connectivity index (χ0) is 10.9. The lowest BCUT2D eigenvalue weighted by molar-refractivity contribution is -0.0163. The van der Waals surface area contributed by atoms with Crippen LogP contribution >= 0.6 is 0 Å². The molecule has 0 saturated heterocycles. The van der Waals surface area contributed by atoms with E-state index in [9.17, 15) is 0 Å². The first-order chi connectivity index (χ1) is 7.36. The van der Waals surface area contributed by atoms with Crippen LogP contribution in [0.15, 0.2) is 0 Å². The Morgan fingerprint density at radius 2 is 1.73 bits per heavy atom. The van der Waals surface area contributed by atoms with Crippen molar-refractivity contribution in [1.29, 1.82) is 0 Å². The summed E-state index contributed by atoms with van der Waals surface area (Å²) in [5.41, 5.74) is 0. The average molecular weight is 213 g/mol. The van der Waals surface area contributed by atoms with Crippen LogP contribution in [0.4, 0.5) is 0 Å². The van der Waals surface area contributed by atoms with Gasteiger partial charge >= 0.3 is 0 Å². The molecule has 0 spiro atoms. The van der Waals surface area contributed by atoms with Gasteiger partial charge in [-0.1, -0.05) is 39.0 Å². The fourth-order valence-corrected chi connectivity index (χ4v) is 2.07. The topological polar surface area (TPSA) is 21.3 Å². The maximum Gasteiger partial charge on any atom is 0.0604 e. The summed E-state index contributed by atoms with van der Waals surface area (Å²) in [5, 5.41) is 3.28. The summed E-state index contributed by atoms with van der Waals surface area (Å²) >= 11 is 0. The average Bonchev–Trinajstić information content (AvgIpc) is 2.19. The van der Waals surface area contributed by atoms with Crippen molar-refractivity contribution in [3.63, 3.8) is 0 Å². The van der Waals surface area contributed by atoms with Gasteiger partial charge in [0, 0.05) is 12.6 Å². The van der Waals surface area contributed by atoms with Crippen LogP contribution in [0.5, 0.6) is 0 Å². The molecule has 2 nitrogen and oxygen atoms in total. The quantitative estimate of drug-likeness (QED) is 0.594. The van der Waals surface area contributed by atoms with E-state index in [0.29, 0.717) is 6.10 Å². The van der Waals surface area contributed by atoms with Gasteiger partial charge in [-0.05, 0) is 26.3 Å². The number of ether oxygens (including phenoxy) is 1. The van der Waals surface area contributed by atoms with E-state index in [0.717, 1.165) is 12.6 Å². The molecule has 1 aliphatic carbocycles. The summed E-state index contributed by atoms with van der Waals surface area (Å²) in [6.45, 7) is 3.24. The third-order valence-electron chi connectivity index (χ3n) is 3.35. The van der Waals surface area contributed by atoms with E-state index in [1.807, 2.05) is 7.05 Å². The molecule has 1 N–H and O–H groups in total. The Morgan fingerprint density at radius 1 is 1.07 bits per heavy atom. The summed E-state index contributed by atoms with van der Waals surface area (Å²) in [7, 11) is 2.04. The lowest BCUT2D eigenvalue weighted by Gasteiger charge is -2.34. The molecule has 0 unspecified atom stereocenters. The smallest absolute Gasteiger partial charge is 0.0604 e. The molecule has 0 radical (unpaired) electrons. The molecule has 2 heteroatoms. The molecule has 1 fully saturated rings. The first-order valence-electron chi connectivity index (χ1n) is 6.65. The molecule has 1 aliphatic rings. The van der Waals surface area contributed by atoms with E-state index >= 15 is 0 Å². The molecule has 0 amide bonds. The lowest BCUT2D eigenvalue weighted by Crippen LogP contribution is -2.43. The van der Waals surface area contributed by atoms with Crippen molar-refractivity contribution in [3.8, 4) is 0 Å². The number of rotatable bonds is 9. The highest BCUT2D eigenvalue weighted by Crippen LogP contribution is 2.23. The second-order valence-electron chi connectivity index (χ2n) is 4.72. The Kier molecular flexibility index (Phi) is 7.03. The normalized spacial score (nSPS) is 25.2. The zero-order valence-corrected chi connectivity index (χ0v) is 10.4. The van der Waals surface area contributed by atoms with Crippen molar-refractivity contribution in [2.24, 2.45) is 0 Å². The second kappa shape index (κ2) is 8.12. The molecule has 1 rings (SSSR count). The molecule has 0 aromatic rings. The van der Waals surface area contributed by atoms with Gasteiger partial charge < -0.3 is 10.1 Å². The predicted octanol–water partition coefficient (Wildman–Crippen LogP) is 3.11. The summed E-state index contributed by atoms with van der Waals surface area (Å²) in [6, 6.07) is 0.722. The maximum absolute atomic E-state index is 5.78. The van der Waals surface area contributed by atoms with Crippen LogP contribution < -0.4 is 5.32 Å². The van der Waals surface area contributed by atoms with Crippen molar-refractivity contribution >= 4 is 0 Å². The lowest BCUT2D eigenvalue weighted by atomic mass is 9.89. The summed E-state index contributed by atoms with van der Waals surface area (Å²) < 4.78 is 5.78. The van der Waals surface area contributed by atoms with Gasteiger partial charge in [0.15, 0.2) is 0 Å². The van der Waals surface area contributed by atoms with E-state index in [4.69, 9.17) is 4.74 Å². The highest BCUT2D eigenvalue weighted by Gasteiger charge is 2.27. The molecule has 1 saturated carbocycles. The maximum atomic E-state index is 5.78. The third kappa shape index (κ3) is 5.53. The minimum absolute atomic E-state index is 0.554. The first kappa shape index (κ1) is 13.0. The van der Waals surface area contributed by atoms with E-state index < -0.39 is 0 Å². The highest BCUT2D eigenvalue weighted by molar-refractivity contribution is 4.84. The van der Waals surface area contributed by atoms with Crippen LogP contribution in [0.1, 0.15) is 58.3 Å². The monoisotopic (exact) mass is 213 g/mol. The highest BCUT2D eigenvalue weighted by atomic mass is 16.5. The minimum atomic E-state index is 0.554. The third-order valence-corrected chi connectivity index (χ3v) is 3.35. The van der Waals surface area contributed by atoms with Gasteiger partial charge in [0.25, 0.3) is 0 Å². The molecule has 0 aromatic heterocycles. The number of hydrogen-bond acceptors (Lipinski definition) is 2. The summed E-state index contributed by atoms with van der Waals surface area (Å²) in [6.07, 6.45) is 11.1. The Labute approximate surface area is 94.8 Å². The largest absolute Gasteiger partial charge is 0.378 e. The van der Waals surface area contributed by atoms with Gasteiger partial charge in [0.2, 0.25) is 0 Å². The van der Waals surface area contributed by atoms with Crippen LogP contribution in [0.3, 0.4) is 0 Å². The number of nitrogens with one attached hydrogen (secondary N) is 1. The Balaban J connectivity index is 1.74. The van der Waals surface area contributed by atoms with Gasteiger partial charge in [-0.25, -0.2) is 0 Å². The van der Waals surface area contributed by atoms with E-state index in [1.54, 1.807) is 0 Å². The Bertz CT molecular complexity index is 143. The van der Waals surface area contributed by atoms with Crippen LogP contribution in [0.2, 0.25) is 0 Å². The number of hydrogen-bond donors (Lipinski definition) is 1. The van der Waals surface area contributed by atoms with Crippen molar-refractivity contribution in [1.82, 2.24) is 5.32 Å². The van der Waals surface area contributed by atoms with Crippen LogP contribution in [-0.4, -0.2) is 25.8 Å². The van der Waals surface area contributed by atoms with Gasteiger partial charge in [0.05, 0.1) is 6.10 Å². The van der Waals surface area contributed by atoms with Crippen molar-refractivity contribution < 1.29 is 4.74 Å². The molecular formula is C13H27NO. The van der Waals surface area contributed by atoms with Crippen LogP contribution in [0.25, 0.3) is 0 Å². The minimum Gasteiger partial charge on any atom is -0.378 e. The van der Waals surface area contributed by atoms with Crippen molar-refractivity contribution in [3.05, 3.63) is 0 Å². The second-order valence-corrected chi connectivity index (χ2v) is 4.72. The molecule has 0 aliphatic heterocycles. The SMILES string of the molecule is CCCCCCCCOC1CC(NC)C1. The van der Waals surface area contributed by atoms with E-state index in [1.165, 1.54) is 51.4 Å². The summed E-state index contributed by atoms with van der Waals surface area (Å²) in [5.74, 6) is 0. The molecule has 15 heavy (non-hydrogen) atoms. The fraction of sp³-hybridized carbons (Fsp3) is 1.00. The van der Waals surface area contributed by atoms with Crippen LogP contribution in [0, 0.1) is 0 Å². The molecule has 0 heterocycles. The molecule has 0 aromatic carbocycles. The number of unbranched alkanes of at least 4 members (excludes halogenated alkanes) is 5. The summed E-state index contributed by atoms with van der Waals surface area (Å²) in [4.78, 5) is 0. The Morgan fingerprint density at radius 3 is 2.40 bits per heavy atom. The van der Waals surface area contributed by atoms with E-state index in [2.05, 4.69) is 12.2 Å². The van der Waals surface area contributed by atoms with Crippen LogP contribution in [-0.2, 0) is 4.74 Å². The Hall–Kier alpha value is -0.0800. The van der Waals surface area contributed by atoms with Crippen molar-refractivity contribution in [2.75, 3.05) is 13.7 Å². The molecular weight excluding hydrogens is 186 g/mol. The van der Waals surface area contributed by atoms with Crippen molar-refractivity contribution in [2.45, 2.75) is 70.4 Å². The fourth-order valence-electron chi connectivity index (χ4n) is 2.07. The van der Waals surface area contributed by atoms with Gasteiger partial charge in [-0.15, -0.1) is 0 Å². The molecule has 0 bridgehead atoms. The molecule has 0 atom stereocenters.